The molecule has 16 heavy (non-hydrogen) atoms. The number of hydrogen-bond donors (Lipinski definition) is 1. The highest BCUT2D eigenvalue weighted by molar-refractivity contribution is 5.81. The van der Waals surface area contributed by atoms with Crippen LogP contribution in [0.3, 0.4) is 0 Å². The van der Waals surface area contributed by atoms with Crippen molar-refractivity contribution in [3.05, 3.63) is 35.9 Å². The van der Waals surface area contributed by atoms with Crippen LogP contribution in [0.2, 0.25) is 0 Å². The van der Waals surface area contributed by atoms with Gasteiger partial charge < -0.3 is 5.32 Å². The lowest BCUT2D eigenvalue weighted by atomic mass is 10.0. The molecule has 0 saturated heterocycles. The third-order valence-electron chi connectivity index (χ3n) is 3.37. The molecular weight excluding hydrogens is 198 g/mol. The molecule has 1 amide bonds. The number of carbonyl (C=O) groups excluding carboxylic acids is 1. The zero-order chi connectivity index (χ0) is 11.5. The van der Waals surface area contributed by atoms with E-state index < -0.39 is 0 Å². The topological polar surface area (TPSA) is 29.1 Å². The lowest BCUT2D eigenvalue weighted by Gasteiger charge is -2.17. The number of amides is 1. The summed E-state index contributed by atoms with van der Waals surface area (Å²) >= 11 is 0. The molecule has 3 atom stereocenters. The average molecular weight is 217 g/mol. The molecule has 1 aliphatic rings. The third-order valence-corrected chi connectivity index (χ3v) is 3.37. The van der Waals surface area contributed by atoms with Gasteiger partial charge in [0.25, 0.3) is 0 Å². The maximum absolute atomic E-state index is 11.8. The van der Waals surface area contributed by atoms with E-state index in [4.69, 9.17) is 0 Å². The quantitative estimate of drug-likeness (QED) is 0.825. The van der Waals surface area contributed by atoms with Crippen LogP contribution in [0.25, 0.3) is 0 Å². The predicted molar refractivity (Wildman–Crippen MR) is 64.9 cm³/mol. The van der Waals surface area contributed by atoms with Crippen molar-refractivity contribution in [2.75, 3.05) is 0 Å². The molecule has 0 spiro atoms. The highest BCUT2D eigenvalue weighted by Crippen LogP contribution is 2.38. The summed E-state index contributed by atoms with van der Waals surface area (Å²) in [6, 6.07) is 10.4. The van der Waals surface area contributed by atoms with Gasteiger partial charge in [0, 0.05) is 5.92 Å². The van der Waals surface area contributed by atoms with E-state index >= 15 is 0 Å². The van der Waals surface area contributed by atoms with Gasteiger partial charge in [0.05, 0.1) is 6.04 Å². The first-order valence-corrected chi connectivity index (χ1v) is 6.07. The summed E-state index contributed by atoms with van der Waals surface area (Å²) in [7, 11) is 0. The normalized spacial score (nSPS) is 24.9. The Balaban J connectivity index is 1.98. The Morgan fingerprint density at radius 3 is 2.56 bits per heavy atom. The molecule has 2 heteroatoms. The van der Waals surface area contributed by atoms with Crippen LogP contribution in [0.4, 0.5) is 0 Å². The van der Waals surface area contributed by atoms with Gasteiger partial charge >= 0.3 is 0 Å². The number of carbonyl (C=O) groups is 1. The maximum atomic E-state index is 11.8. The third kappa shape index (κ3) is 2.43. The average Bonchev–Trinajstić information content (AvgIpc) is 3.04. The lowest BCUT2D eigenvalue weighted by Crippen LogP contribution is -2.29. The Morgan fingerprint density at radius 1 is 1.44 bits per heavy atom. The van der Waals surface area contributed by atoms with Crippen molar-refractivity contribution in [2.45, 2.75) is 32.7 Å². The zero-order valence-corrected chi connectivity index (χ0v) is 9.94. The van der Waals surface area contributed by atoms with Gasteiger partial charge in [-0.05, 0) is 24.3 Å². The van der Waals surface area contributed by atoms with Crippen molar-refractivity contribution in [3.63, 3.8) is 0 Å². The Hall–Kier alpha value is -1.31. The van der Waals surface area contributed by atoms with E-state index in [0.717, 1.165) is 12.8 Å². The number of nitrogens with one attached hydrogen (secondary N) is 1. The molecule has 1 N–H and O–H groups in total. The smallest absolute Gasteiger partial charge is 0.223 e. The van der Waals surface area contributed by atoms with Gasteiger partial charge in [0.2, 0.25) is 5.91 Å². The number of benzene rings is 1. The van der Waals surface area contributed by atoms with Gasteiger partial charge in [-0.25, -0.2) is 0 Å². The van der Waals surface area contributed by atoms with E-state index in [1.54, 1.807) is 0 Å². The fourth-order valence-electron chi connectivity index (χ4n) is 2.07. The standard InChI is InChI=1S/C14H19NO/c1-3-13(11-7-5-4-6-8-11)15-14(16)12-9-10(12)2/h4-8,10,12-13H,3,9H2,1-2H3,(H,15,16)/t10-,12+,13+/m0/s1. The summed E-state index contributed by atoms with van der Waals surface area (Å²) in [4.78, 5) is 11.8. The summed E-state index contributed by atoms with van der Waals surface area (Å²) < 4.78 is 0. The minimum atomic E-state index is 0.168. The van der Waals surface area contributed by atoms with Gasteiger partial charge in [0.15, 0.2) is 0 Å². The molecule has 1 aromatic rings. The monoisotopic (exact) mass is 217 g/mol. The molecule has 0 radical (unpaired) electrons. The molecule has 0 aliphatic heterocycles. The molecule has 1 fully saturated rings. The summed E-state index contributed by atoms with van der Waals surface area (Å²) in [5.41, 5.74) is 1.20. The van der Waals surface area contributed by atoms with Crippen molar-refractivity contribution >= 4 is 5.91 Å². The summed E-state index contributed by atoms with van der Waals surface area (Å²) in [5.74, 6) is 1.06. The van der Waals surface area contributed by atoms with Gasteiger partial charge in [0.1, 0.15) is 0 Å². The van der Waals surface area contributed by atoms with Crippen LogP contribution in [0.1, 0.15) is 38.3 Å². The van der Waals surface area contributed by atoms with E-state index in [1.165, 1.54) is 5.56 Å². The van der Waals surface area contributed by atoms with E-state index in [9.17, 15) is 4.79 Å². The van der Waals surface area contributed by atoms with Gasteiger partial charge in [-0.15, -0.1) is 0 Å². The maximum Gasteiger partial charge on any atom is 0.223 e. The van der Waals surface area contributed by atoms with Crippen LogP contribution in [-0.4, -0.2) is 5.91 Å². The van der Waals surface area contributed by atoms with Crippen LogP contribution in [0.15, 0.2) is 30.3 Å². The SMILES string of the molecule is CC[C@@H](NC(=O)[C@@H]1C[C@@H]1C)c1ccccc1. The first kappa shape index (κ1) is 11.2. The molecule has 0 bridgehead atoms. The summed E-state index contributed by atoms with van der Waals surface area (Å²) in [6.45, 7) is 4.24. The lowest BCUT2D eigenvalue weighted by molar-refractivity contribution is -0.123. The fraction of sp³-hybridized carbons (Fsp3) is 0.500. The fourth-order valence-corrected chi connectivity index (χ4v) is 2.07. The van der Waals surface area contributed by atoms with Crippen molar-refractivity contribution in [2.24, 2.45) is 11.8 Å². The van der Waals surface area contributed by atoms with Gasteiger partial charge in [-0.2, -0.15) is 0 Å². The minimum Gasteiger partial charge on any atom is -0.349 e. The van der Waals surface area contributed by atoms with Crippen LogP contribution in [0, 0.1) is 11.8 Å². The van der Waals surface area contributed by atoms with Crippen molar-refractivity contribution < 1.29 is 4.79 Å². The zero-order valence-electron chi connectivity index (χ0n) is 9.94. The molecule has 2 rings (SSSR count). The van der Waals surface area contributed by atoms with Crippen LogP contribution >= 0.6 is 0 Å². The van der Waals surface area contributed by atoms with Crippen LogP contribution in [0.5, 0.6) is 0 Å². The second kappa shape index (κ2) is 4.69. The van der Waals surface area contributed by atoms with Gasteiger partial charge in [-0.1, -0.05) is 44.2 Å². The van der Waals surface area contributed by atoms with Crippen LogP contribution in [-0.2, 0) is 4.79 Å². The second-order valence-corrected chi connectivity index (χ2v) is 4.70. The van der Waals surface area contributed by atoms with Crippen molar-refractivity contribution in [1.82, 2.24) is 5.32 Å². The van der Waals surface area contributed by atoms with Crippen molar-refractivity contribution in [1.29, 1.82) is 0 Å². The molecule has 1 aliphatic carbocycles. The highest BCUT2D eigenvalue weighted by atomic mass is 16.2. The Morgan fingerprint density at radius 2 is 2.06 bits per heavy atom. The molecule has 1 aromatic carbocycles. The summed E-state index contributed by atoms with van der Waals surface area (Å²) in [6.07, 6.45) is 1.99. The van der Waals surface area contributed by atoms with Crippen LogP contribution < -0.4 is 5.32 Å². The van der Waals surface area contributed by atoms with E-state index in [2.05, 4.69) is 31.3 Å². The molecule has 2 nitrogen and oxygen atoms in total. The first-order valence-electron chi connectivity index (χ1n) is 6.07. The number of rotatable bonds is 4. The van der Waals surface area contributed by atoms with E-state index in [0.29, 0.717) is 5.92 Å². The number of hydrogen-bond acceptors (Lipinski definition) is 1. The first-order chi connectivity index (χ1) is 7.72. The Bertz CT molecular complexity index is 360. The second-order valence-electron chi connectivity index (χ2n) is 4.70. The molecule has 0 aromatic heterocycles. The minimum absolute atomic E-state index is 0.168. The largest absolute Gasteiger partial charge is 0.349 e. The predicted octanol–water partition coefficient (Wildman–Crippen LogP) is 2.91. The molecule has 0 heterocycles. The highest BCUT2D eigenvalue weighted by Gasteiger charge is 2.39. The molecule has 0 unspecified atom stereocenters. The van der Waals surface area contributed by atoms with Gasteiger partial charge in [-0.3, -0.25) is 4.79 Å². The summed E-state index contributed by atoms with van der Waals surface area (Å²) in [5, 5.41) is 3.14. The molecule has 86 valence electrons. The molecule has 1 saturated carbocycles. The van der Waals surface area contributed by atoms with E-state index in [1.807, 2.05) is 18.2 Å². The van der Waals surface area contributed by atoms with E-state index in [-0.39, 0.29) is 17.9 Å². The van der Waals surface area contributed by atoms with Crippen molar-refractivity contribution in [3.8, 4) is 0 Å². The Labute approximate surface area is 97.1 Å². The Kier molecular flexibility index (Phi) is 3.28. The molecular formula is C14H19NO.